The molecular weight excluding hydrogens is 290 g/mol. The second kappa shape index (κ2) is 6.54. The number of fused-ring (bicyclic) bond motifs is 1. The Bertz CT molecular complexity index is 758. The zero-order chi connectivity index (χ0) is 16.4. The fourth-order valence-electron chi connectivity index (χ4n) is 3.18. The summed E-state index contributed by atoms with van der Waals surface area (Å²) in [6.45, 7) is 8.78. The van der Waals surface area contributed by atoms with E-state index in [1.54, 1.807) is 12.1 Å². The molecule has 0 spiro atoms. The summed E-state index contributed by atoms with van der Waals surface area (Å²) >= 11 is 0. The van der Waals surface area contributed by atoms with Crippen molar-refractivity contribution in [2.75, 3.05) is 32.7 Å². The highest BCUT2D eigenvalue weighted by Crippen LogP contribution is 2.18. The second-order valence-electron chi connectivity index (χ2n) is 6.58. The van der Waals surface area contributed by atoms with Crippen LogP contribution >= 0.6 is 0 Å². The molecule has 0 bridgehead atoms. The average Bonchev–Trinajstić information content (AvgIpc) is 2.54. The summed E-state index contributed by atoms with van der Waals surface area (Å²) in [4.78, 5) is 31.5. The monoisotopic (exact) mass is 313 g/mol. The predicted octanol–water partition coefficient (Wildman–Crippen LogP) is 1.94. The second-order valence-corrected chi connectivity index (χ2v) is 6.58. The van der Waals surface area contributed by atoms with Crippen LogP contribution in [0.2, 0.25) is 0 Å². The van der Waals surface area contributed by atoms with E-state index in [0.717, 1.165) is 38.1 Å². The number of carbonyl (C=O) groups is 1. The molecule has 1 aliphatic rings. The number of rotatable bonds is 3. The molecule has 2 heterocycles. The quantitative estimate of drug-likeness (QED) is 0.942. The third kappa shape index (κ3) is 3.45. The largest absolute Gasteiger partial charge is 0.336 e. The molecule has 122 valence electrons. The number of piperazine rings is 1. The van der Waals surface area contributed by atoms with Crippen molar-refractivity contribution in [2.45, 2.75) is 13.8 Å². The van der Waals surface area contributed by atoms with Gasteiger partial charge in [-0.3, -0.25) is 14.5 Å². The predicted molar refractivity (Wildman–Crippen MR) is 91.8 cm³/mol. The summed E-state index contributed by atoms with van der Waals surface area (Å²) < 4.78 is 0. The zero-order valence-electron chi connectivity index (χ0n) is 13.7. The summed E-state index contributed by atoms with van der Waals surface area (Å²) in [5.41, 5.74) is 1.03. The maximum Gasteiger partial charge on any atom is 0.256 e. The lowest BCUT2D eigenvalue weighted by Gasteiger charge is -2.35. The molecule has 1 saturated heterocycles. The molecule has 0 unspecified atom stereocenters. The number of benzene rings is 1. The normalized spacial score (nSPS) is 16.2. The van der Waals surface area contributed by atoms with Crippen molar-refractivity contribution >= 4 is 16.8 Å². The molecule has 5 heteroatoms. The Hall–Kier alpha value is -2.14. The van der Waals surface area contributed by atoms with Gasteiger partial charge in [0, 0.05) is 38.8 Å². The van der Waals surface area contributed by atoms with E-state index in [0.29, 0.717) is 17.0 Å². The first-order chi connectivity index (χ1) is 11.0. The molecule has 0 radical (unpaired) electrons. The number of hydrogen-bond donors (Lipinski definition) is 1. The van der Waals surface area contributed by atoms with Gasteiger partial charge in [-0.15, -0.1) is 0 Å². The minimum Gasteiger partial charge on any atom is -0.336 e. The Morgan fingerprint density at radius 3 is 2.57 bits per heavy atom. The number of hydrogen-bond acceptors (Lipinski definition) is 3. The van der Waals surface area contributed by atoms with Gasteiger partial charge in [-0.2, -0.15) is 0 Å². The van der Waals surface area contributed by atoms with Crippen molar-refractivity contribution in [3.8, 4) is 0 Å². The van der Waals surface area contributed by atoms with Gasteiger partial charge in [0.15, 0.2) is 0 Å². The molecule has 1 fully saturated rings. The highest BCUT2D eigenvalue weighted by atomic mass is 16.2. The number of aromatic amines is 1. The van der Waals surface area contributed by atoms with E-state index in [4.69, 9.17) is 0 Å². The fraction of sp³-hybridized carbons (Fsp3) is 0.444. The summed E-state index contributed by atoms with van der Waals surface area (Å²) in [6, 6.07) is 8.80. The Balaban J connectivity index is 1.79. The highest BCUT2D eigenvalue weighted by Gasteiger charge is 2.23. The van der Waals surface area contributed by atoms with E-state index >= 15 is 0 Å². The molecule has 3 rings (SSSR count). The number of pyridine rings is 1. The minimum atomic E-state index is -0.181. The van der Waals surface area contributed by atoms with Crippen LogP contribution in [0.1, 0.15) is 24.2 Å². The van der Waals surface area contributed by atoms with E-state index in [2.05, 4.69) is 23.7 Å². The lowest BCUT2D eigenvalue weighted by molar-refractivity contribution is 0.0625. The van der Waals surface area contributed by atoms with E-state index in [1.807, 2.05) is 17.0 Å². The Morgan fingerprint density at radius 1 is 1.13 bits per heavy atom. The van der Waals surface area contributed by atoms with Crippen LogP contribution in [0.25, 0.3) is 10.9 Å². The van der Waals surface area contributed by atoms with Crippen LogP contribution in [-0.2, 0) is 0 Å². The van der Waals surface area contributed by atoms with E-state index < -0.39 is 0 Å². The van der Waals surface area contributed by atoms with Gasteiger partial charge in [0.1, 0.15) is 0 Å². The van der Waals surface area contributed by atoms with Gasteiger partial charge in [-0.05, 0) is 23.4 Å². The first-order valence-electron chi connectivity index (χ1n) is 8.18. The van der Waals surface area contributed by atoms with Crippen LogP contribution in [0.5, 0.6) is 0 Å². The third-order valence-corrected chi connectivity index (χ3v) is 4.27. The zero-order valence-corrected chi connectivity index (χ0v) is 13.7. The highest BCUT2D eigenvalue weighted by molar-refractivity contribution is 6.05. The SMILES string of the molecule is CC(C)CN1CCN(C(=O)c2cccc3ccc(=O)[nH]c23)CC1. The van der Waals surface area contributed by atoms with Crippen molar-refractivity contribution in [1.29, 1.82) is 0 Å². The number of carbonyl (C=O) groups excluding carboxylic acids is 1. The van der Waals surface area contributed by atoms with E-state index in [1.165, 1.54) is 6.07 Å². The molecule has 2 aromatic rings. The van der Waals surface area contributed by atoms with Crippen LogP contribution < -0.4 is 5.56 Å². The van der Waals surface area contributed by atoms with Crippen molar-refractivity contribution < 1.29 is 4.79 Å². The van der Waals surface area contributed by atoms with Crippen molar-refractivity contribution in [1.82, 2.24) is 14.8 Å². The van der Waals surface area contributed by atoms with Crippen LogP contribution in [0.15, 0.2) is 35.1 Å². The number of amides is 1. The molecule has 0 atom stereocenters. The fourth-order valence-corrected chi connectivity index (χ4v) is 3.18. The van der Waals surface area contributed by atoms with Crippen LogP contribution in [0.3, 0.4) is 0 Å². The average molecular weight is 313 g/mol. The van der Waals surface area contributed by atoms with Gasteiger partial charge in [-0.25, -0.2) is 0 Å². The smallest absolute Gasteiger partial charge is 0.256 e. The van der Waals surface area contributed by atoms with Crippen LogP contribution in [0.4, 0.5) is 0 Å². The van der Waals surface area contributed by atoms with E-state index in [-0.39, 0.29) is 11.5 Å². The number of H-pyrrole nitrogens is 1. The number of para-hydroxylation sites is 1. The third-order valence-electron chi connectivity index (χ3n) is 4.27. The standard InChI is InChI=1S/C18H23N3O2/c1-13(2)12-20-8-10-21(11-9-20)18(23)15-5-3-4-14-6-7-16(22)19-17(14)15/h3-7,13H,8-12H2,1-2H3,(H,19,22). The molecule has 5 nitrogen and oxygen atoms in total. The van der Waals surface area contributed by atoms with E-state index in [9.17, 15) is 9.59 Å². The molecule has 1 aliphatic heterocycles. The lowest BCUT2D eigenvalue weighted by atomic mass is 10.1. The number of nitrogens with one attached hydrogen (secondary N) is 1. The lowest BCUT2D eigenvalue weighted by Crippen LogP contribution is -2.49. The van der Waals surface area contributed by atoms with Crippen molar-refractivity contribution in [3.63, 3.8) is 0 Å². The van der Waals surface area contributed by atoms with Crippen molar-refractivity contribution in [3.05, 3.63) is 46.2 Å². The van der Waals surface area contributed by atoms with Gasteiger partial charge < -0.3 is 9.88 Å². The molecule has 0 saturated carbocycles. The number of aromatic nitrogens is 1. The first-order valence-corrected chi connectivity index (χ1v) is 8.18. The Labute approximate surface area is 135 Å². The van der Waals surface area contributed by atoms with Gasteiger partial charge in [-0.1, -0.05) is 26.0 Å². The molecule has 1 N–H and O–H groups in total. The minimum absolute atomic E-state index is 0.00152. The maximum atomic E-state index is 12.8. The van der Waals surface area contributed by atoms with Gasteiger partial charge >= 0.3 is 0 Å². The summed E-state index contributed by atoms with van der Waals surface area (Å²) in [6.07, 6.45) is 0. The van der Waals surface area contributed by atoms with Crippen molar-refractivity contribution in [2.24, 2.45) is 5.92 Å². The summed E-state index contributed by atoms with van der Waals surface area (Å²) in [5.74, 6) is 0.641. The summed E-state index contributed by atoms with van der Waals surface area (Å²) in [7, 11) is 0. The van der Waals surface area contributed by atoms with Gasteiger partial charge in [0.2, 0.25) is 5.56 Å². The molecule has 23 heavy (non-hydrogen) atoms. The van der Waals surface area contributed by atoms with Crippen LogP contribution in [0, 0.1) is 5.92 Å². The summed E-state index contributed by atoms with van der Waals surface area (Å²) in [5, 5.41) is 0.883. The molecular formula is C18H23N3O2. The Kier molecular flexibility index (Phi) is 4.48. The molecule has 1 aromatic heterocycles. The molecule has 1 aromatic carbocycles. The maximum absolute atomic E-state index is 12.8. The topological polar surface area (TPSA) is 56.4 Å². The number of nitrogens with zero attached hydrogens (tertiary/aromatic N) is 2. The Morgan fingerprint density at radius 2 is 1.87 bits per heavy atom. The molecule has 1 amide bonds. The van der Waals surface area contributed by atoms with Crippen LogP contribution in [-0.4, -0.2) is 53.4 Å². The first kappa shape index (κ1) is 15.7. The van der Waals surface area contributed by atoms with Gasteiger partial charge in [0.05, 0.1) is 11.1 Å². The molecule has 0 aliphatic carbocycles. The van der Waals surface area contributed by atoms with Gasteiger partial charge in [0.25, 0.3) is 5.91 Å².